The quantitative estimate of drug-likeness (QED) is 0.717. The van der Waals surface area contributed by atoms with Crippen molar-refractivity contribution in [3.05, 3.63) is 35.4 Å². The Labute approximate surface area is 108 Å². The van der Waals surface area contributed by atoms with Crippen LogP contribution >= 0.6 is 0 Å². The van der Waals surface area contributed by atoms with E-state index < -0.39 is 0 Å². The van der Waals surface area contributed by atoms with Crippen molar-refractivity contribution in [3.8, 4) is 6.07 Å². The number of rotatable bonds is 7. The molecule has 0 saturated heterocycles. The lowest BCUT2D eigenvalue weighted by Crippen LogP contribution is -2.22. The number of unbranched alkanes of at least 4 members (excludes halogenated alkanes) is 2. The van der Waals surface area contributed by atoms with Crippen molar-refractivity contribution in [2.45, 2.75) is 32.2 Å². The predicted molar refractivity (Wildman–Crippen MR) is 70.5 cm³/mol. The fourth-order valence-corrected chi connectivity index (χ4v) is 1.59. The van der Waals surface area contributed by atoms with Crippen LogP contribution in [0.15, 0.2) is 24.3 Å². The summed E-state index contributed by atoms with van der Waals surface area (Å²) in [7, 11) is 0. The Bertz CT molecular complexity index is 406. The van der Waals surface area contributed by atoms with Crippen LogP contribution < -0.4 is 11.1 Å². The Kier molecular flexibility index (Phi) is 6.52. The van der Waals surface area contributed by atoms with E-state index in [0.717, 1.165) is 24.8 Å². The standard InChI is InChI=1S/C14H19N3O/c15-9-3-1-2-4-14(18)17-11-13-7-5-12(10-16)6-8-13/h5-8H,1-4,9,11,15H2,(H,17,18). The highest BCUT2D eigenvalue weighted by Crippen LogP contribution is 2.03. The lowest BCUT2D eigenvalue weighted by atomic mass is 10.1. The third-order valence-electron chi connectivity index (χ3n) is 2.68. The maximum atomic E-state index is 11.5. The van der Waals surface area contributed by atoms with Gasteiger partial charge in [0.1, 0.15) is 0 Å². The molecule has 0 aliphatic rings. The molecule has 0 aliphatic heterocycles. The van der Waals surface area contributed by atoms with Gasteiger partial charge in [0.25, 0.3) is 0 Å². The van der Waals surface area contributed by atoms with Crippen LogP contribution in [0.1, 0.15) is 36.8 Å². The van der Waals surface area contributed by atoms with Crippen molar-refractivity contribution in [1.82, 2.24) is 5.32 Å². The lowest BCUT2D eigenvalue weighted by molar-refractivity contribution is -0.121. The molecule has 0 atom stereocenters. The Morgan fingerprint density at radius 3 is 2.56 bits per heavy atom. The molecular formula is C14H19N3O. The number of nitriles is 1. The molecule has 0 aliphatic carbocycles. The molecule has 0 radical (unpaired) electrons. The van der Waals surface area contributed by atoms with Crippen LogP contribution in [0.4, 0.5) is 0 Å². The van der Waals surface area contributed by atoms with E-state index in [0.29, 0.717) is 25.1 Å². The third-order valence-corrected chi connectivity index (χ3v) is 2.68. The summed E-state index contributed by atoms with van der Waals surface area (Å²) in [5.74, 6) is 0.0661. The number of benzene rings is 1. The number of amides is 1. The van der Waals surface area contributed by atoms with E-state index in [1.54, 1.807) is 12.1 Å². The van der Waals surface area contributed by atoms with Crippen molar-refractivity contribution in [3.63, 3.8) is 0 Å². The number of hydrogen-bond donors (Lipinski definition) is 2. The smallest absolute Gasteiger partial charge is 0.220 e. The van der Waals surface area contributed by atoms with E-state index in [-0.39, 0.29) is 5.91 Å². The molecule has 4 nitrogen and oxygen atoms in total. The number of nitrogens with zero attached hydrogens (tertiary/aromatic N) is 1. The number of nitrogens with one attached hydrogen (secondary N) is 1. The molecule has 1 amide bonds. The second kappa shape index (κ2) is 8.26. The summed E-state index contributed by atoms with van der Waals surface area (Å²) in [6.07, 6.45) is 3.41. The summed E-state index contributed by atoms with van der Waals surface area (Å²) >= 11 is 0. The van der Waals surface area contributed by atoms with Crippen LogP contribution in [0, 0.1) is 11.3 Å². The van der Waals surface area contributed by atoms with Crippen LogP contribution in [-0.4, -0.2) is 12.5 Å². The van der Waals surface area contributed by atoms with Gasteiger partial charge in [-0.05, 0) is 37.1 Å². The van der Waals surface area contributed by atoms with Gasteiger partial charge < -0.3 is 11.1 Å². The van der Waals surface area contributed by atoms with Gasteiger partial charge in [-0.15, -0.1) is 0 Å². The van der Waals surface area contributed by atoms with Crippen molar-refractivity contribution in [1.29, 1.82) is 5.26 Å². The average molecular weight is 245 g/mol. The largest absolute Gasteiger partial charge is 0.352 e. The molecule has 0 fully saturated rings. The summed E-state index contributed by atoms with van der Waals surface area (Å²) < 4.78 is 0. The minimum absolute atomic E-state index is 0.0661. The zero-order valence-corrected chi connectivity index (χ0v) is 10.5. The monoisotopic (exact) mass is 245 g/mol. The summed E-state index contributed by atoms with van der Waals surface area (Å²) in [5, 5.41) is 11.5. The fourth-order valence-electron chi connectivity index (χ4n) is 1.59. The normalized spacial score (nSPS) is 9.78. The molecule has 18 heavy (non-hydrogen) atoms. The maximum Gasteiger partial charge on any atom is 0.220 e. The van der Waals surface area contributed by atoms with Crippen molar-refractivity contribution >= 4 is 5.91 Å². The van der Waals surface area contributed by atoms with E-state index in [1.165, 1.54) is 0 Å². The number of carbonyl (C=O) groups is 1. The molecule has 3 N–H and O–H groups in total. The molecule has 96 valence electrons. The summed E-state index contributed by atoms with van der Waals surface area (Å²) in [5.41, 5.74) is 7.02. The van der Waals surface area contributed by atoms with Gasteiger partial charge in [-0.25, -0.2) is 0 Å². The first-order valence-corrected chi connectivity index (χ1v) is 6.22. The zero-order chi connectivity index (χ0) is 13.2. The van der Waals surface area contributed by atoms with E-state index in [9.17, 15) is 4.79 Å². The van der Waals surface area contributed by atoms with E-state index in [2.05, 4.69) is 11.4 Å². The number of carbonyl (C=O) groups excluding carboxylic acids is 1. The van der Waals surface area contributed by atoms with Gasteiger partial charge >= 0.3 is 0 Å². The van der Waals surface area contributed by atoms with Gasteiger partial charge in [-0.2, -0.15) is 5.26 Å². The fraction of sp³-hybridized carbons (Fsp3) is 0.429. The molecule has 1 aromatic rings. The Morgan fingerprint density at radius 1 is 1.22 bits per heavy atom. The minimum atomic E-state index is 0.0661. The Hall–Kier alpha value is -1.86. The first-order valence-electron chi connectivity index (χ1n) is 6.22. The van der Waals surface area contributed by atoms with E-state index in [1.807, 2.05) is 12.1 Å². The molecule has 0 aromatic heterocycles. The van der Waals surface area contributed by atoms with Crippen LogP contribution in [0.2, 0.25) is 0 Å². The van der Waals surface area contributed by atoms with Gasteiger partial charge in [0.15, 0.2) is 0 Å². The molecule has 1 aromatic carbocycles. The van der Waals surface area contributed by atoms with Crippen LogP contribution in [0.5, 0.6) is 0 Å². The molecule has 0 spiro atoms. The molecule has 0 saturated carbocycles. The summed E-state index contributed by atoms with van der Waals surface area (Å²) in [4.78, 5) is 11.5. The van der Waals surface area contributed by atoms with Crippen LogP contribution in [0.3, 0.4) is 0 Å². The summed E-state index contributed by atoms with van der Waals surface area (Å²) in [6.45, 7) is 1.20. The van der Waals surface area contributed by atoms with Crippen LogP contribution in [0.25, 0.3) is 0 Å². The second-order valence-electron chi connectivity index (χ2n) is 4.18. The first kappa shape index (κ1) is 14.2. The molecule has 4 heteroatoms. The Balaban J connectivity index is 2.23. The highest BCUT2D eigenvalue weighted by molar-refractivity contribution is 5.75. The van der Waals surface area contributed by atoms with E-state index >= 15 is 0 Å². The molecule has 1 rings (SSSR count). The first-order chi connectivity index (χ1) is 8.76. The van der Waals surface area contributed by atoms with Crippen molar-refractivity contribution in [2.24, 2.45) is 5.73 Å². The molecule has 0 unspecified atom stereocenters. The highest BCUT2D eigenvalue weighted by Gasteiger charge is 2.01. The van der Waals surface area contributed by atoms with Crippen molar-refractivity contribution < 1.29 is 4.79 Å². The van der Waals surface area contributed by atoms with Crippen LogP contribution in [-0.2, 0) is 11.3 Å². The summed E-state index contributed by atoms with van der Waals surface area (Å²) in [6, 6.07) is 9.28. The zero-order valence-electron chi connectivity index (χ0n) is 10.5. The predicted octanol–water partition coefficient (Wildman–Crippen LogP) is 1.69. The number of hydrogen-bond acceptors (Lipinski definition) is 3. The lowest BCUT2D eigenvalue weighted by Gasteiger charge is -2.05. The number of nitrogens with two attached hydrogens (primary N) is 1. The SMILES string of the molecule is N#Cc1ccc(CNC(=O)CCCCCN)cc1. The highest BCUT2D eigenvalue weighted by atomic mass is 16.1. The van der Waals surface area contributed by atoms with Gasteiger partial charge in [-0.3, -0.25) is 4.79 Å². The molecular weight excluding hydrogens is 226 g/mol. The van der Waals surface area contributed by atoms with E-state index in [4.69, 9.17) is 11.0 Å². The maximum absolute atomic E-state index is 11.5. The Morgan fingerprint density at radius 2 is 1.94 bits per heavy atom. The van der Waals surface area contributed by atoms with Crippen molar-refractivity contribution in [2.75, 3.05) is 6.54 Å². The average Bonchev–Trinajstić information content (AvgIpc) is 2.42. The topological polar surface area (TPSA) is 78.9 Å². The molecule has 0 bridgehead atoms. The van der Waals surface area contributed by atoms with Gasteiger partial charge in [0.05, 0.1) is 11.6 Å². The third kappa shape index (κ3) is 5.46. The molecule has 0 heterocycles. The second-order valence-corrected chi connectivity index (χ2v) is 4.18. The van der Waals surface area contributed by atoms with Gasteiger partial charge in [0, 0.05) is 13.0 Å². The van der Waals surface area contributed by atoms with Gasteiger partial charge in [-0.1, -0.05) is 18.6 Å². The minimum Gasteiger partial charge on any atom is -0.352 e. The van der Waals surface area contributed by atoms with Gasteiger partial charge in [0.2, 0.25) is 5.91 Å².